The summed E-state index contributed by atoms with van der Waals surface area (Å²) >= 11 is 0. The van der Waals surface area contributed by atoms with Crippen LogP contribution in [0, 0.1) is 0 Å². The molecule has 1 aliphatic rings. The van der Waals surface area contributed by atoms with Crippen LogP contribution in [-0.2, 0) is 6.42 Å². The van der Waals surface area contributed by atoms with Crippen molar-refractivity contribution in [3.63, 3.8) is 0 Å². The molecular weight excluding hydrogens is 261 g/mol. The first kappa shape index (κ1) is 14.3. The van der Waals surface area contributed by atoms with E-state index in [-0.39, 0.29) is 5.82 Å². The lowest BCUT2D eigenvalue weighted by atomic mass is 10.1. The van der Waals surface area contributed by atoms with Gasteiger partial charge in [0.2, 0.25) is 5.89 Å². The molecule has 2 N–H and O–H groups in total. The van der Waals surface area contributed by atoms with E-state index in [0.29, 0.717) is 6.54 Å². The summed E-state index contributed by atoms with van der Waals surface area (Å²) in [5.74, 6) is -0.290. The summed E-state index contributed by atoms with van der Waals surface area (Å²) in [6, 6.07) is -0.510. The highest BCUT2D eigenvalue weighted by Gasteiger charge is 2.31. The molecule has 0 radical (unpaired) electrons. The van der Waals surface area contributed by atoms with Gasteiger partial charge in [-0.15, -0.1) is 0 Å². The first-order valence-electron chi connectivity index (χ1n) is 6.31. The summed E-state index contributed by atoms with van der Waals surface area (Å²) in [7, 11) is 0. The topological polar surface area (TPSA) is 68.2 Å². The Kier molecular flexibility index (Phi) is 4.41. The summed E-state index contributed by atoms with van der Waals surface area (Å²) in [6.07, 6.45) is -2.10. The van der Waals surface area contributed by atoms with Crippen LogP contribution in [0.5, 0.6) is 0 Å². The monoisotopic (exact) mass is 278 g/mol. The molecule has 0 amide bonds. The third kappa shape index (κ3) is 4.46. The number of rotatable bonds is 4. The third-order valence-electron chi connectivity index (χ3n) is 3.07. The van der Waals surface area contributed by atoms with Crippen molar-refractivity contribution in [2.24, 2.45) is 5.73 Å². The molecule has 0 bridgehead atoms. The van der Waals surface area contributed by atoms with Crippen molar-refractivity contribution in [1.29, 1.82) is 0 Å². The molecule has 0 spiro atoms. The van der Waals surface area contributed by atoms with Crippen LogP contribution in [0.25, 0.3) is 0 Å². The first-order valence-corrected chi connectivity index (χ1v) is 6.31. The zero-order valence-corrected chi connectivity index (χ0v) is 10.5. The van der Waals surface area contributed by atoms with Gasteiger partial charge in [0.05, 0.1) is 6.04 Å². The second-order valence-corrected chi connectivity index (χ2v) is 4.81. The van der Waals surface area contributed by atoms with Gasteiger partial charge in [-0.05, 0) is 25.9 Å². The van der Waals surface area contributed by atoms with E-state index in [2.05, 4.69) is 19.6 Å². The third-order valence-corrected chi connectivity index (χ3v) is 3.07. The molecule has 1 saturated heterocycles. The Morgan fingerprint density at radius 3 is 2.58 bits per heavy atom. The molecule has 8 heteroatoms. The highest BCUT2D eigenvalue weighted by molar-refractivity contribution is 4.95. The van der Waals surface area contributed by atoms with E-state index < -0.39 is 24.5 Å². The number of likely N-dealkylation sites (tertiary alicyclic amines) is 1. The number of nitrogens with zero attached hydrogens (tertiary/aromatic N) is 3. The first-order chi connectivity index (χ1) is 8.94. The lowest BCUT2D eigenvalue weighted by Crippen LogP contribution is -2.36. The molecule has 1 unspecified atom stereocenters. The van der Waals surface area contributed by atoms with Crippen molar-refractivity contribution in [3.8, 4) is 0 Å². The maximum atomic E-state index is 12.2. The summed E-state index contributed by atoms with van der Waals surface area (Å²) in [5.41, 5.74) is 5.90. The van der Waals surface area contributed by atoms with E-state index in [9.17, 15) is 13.2 Å². The molecule has 2 rings (SSSR count). The van der Waals surface area contributed by atoms with Crippen LogP contribution in [0.2, 0.25) is 0 Å². The van der Waals surface area contributed by atoms with Gasteiger partial charge in [-0.3, -0.25) is 0 Å². The Morgan fingerprint density at radius 1 is 1.26 bits per heavy atom. The van der Waals surface area contributed by atoms with E-state index in [1.54, 1.807) is 0 Å². The average Bonchev–Trinajstić information content (AvgIpc) is 2.76. The van der Waals surface area contributed by atoms with Crippen molar-refractivity contribution >= 4 is 0 Å². The van der Waals surface area contributed by atoms with Gasteiger partial charge in [0.1, 0.15) is 6.42 Å². The average molecular weight is 278 g/mol. The van der Waals surface area contributed by atoms with E-state index >= 15 is 0 Å². The summed E-state index contributed by atoms with van der Waals surface area (Å²) in [4.78, 5) is 5.89. The molecule has 108 valence electrons. The second-order valence-electron chi connectivity index (χ2n) is 4.81. The highest BCUT2D eigenvalue weighted by Crippen LogP contribution is 2.21. The van der Waals surface area contributed by atoms with Gasteiger partial charge in [0, 0.05) is 6.54 Å². The van der Waals surface area contributed by atoms with Crippen LogP contribution in [-0.4, -0.2) is 40.9 Å². The van der Waals surface area contributed by atoms with Crippen LogP contribution < -0.4 is 5.73 Å². The minimum Gasteiger partial charge on any atom is -0.339 e. The van der Waals surface area contributed by atoms with Crippen LogP contribution in [0.3, 0.4) is 0 Å². The molecule has 1 atom stereocenters. The van der Waals surface area contributed by atoms with Gasteiger partial charge >= 0.3 is 6.18 Å². The van der Waals surface area contributed by atoms with E-state index in [1.807, 2.05) is 0 Å². The normalized spacial score (nSPS) is 19.6. The maximum absolute atomic E-state index is 12.2. The van der Waals surface area contributed by atoms with Crippen molar-refractivity contribution in [2.45, 2.75) is 37.9 Å². The van der Waals surface area contributed by atoms with Gasteiger partial charge in [-0.2, -0.15) is 18.2 Å². The lowest BCUT2D eigenvalue weighted by molar-refractivity contribution is -0.131. The molecule has 2 heterocycles. The summed E-state index contributed by atoms with van der Waals surface area (Å²) in [5, 5.41) is 3.53. The van der Waals surface area contributed by atoms with Crippen molar-refractivity contribution in [2.75, 3.05) is 19.6 Å². The molecule has 5 nitrogen and oxygen atoms in total. The minimum atomic E-state index is -4.35. The standard InChI is InChI=1S/C11H17F3N4O/c12-11(13,14)6-9-16-10(17-19-9)8(15)7-18-4-2-1-3-5-18/h8H,1-7,15H2. The van der Waals surface area contributed by atoms with Crippen molar-refractivity contribution < 1.29 is 17.7 Å². The second kappa shape index (κ2) is 5.87. The number of nitrogens with two attached hydrogens (primary N) is 1. The number of halogens is 3. The largest absolute Gasteiger partial charge is 0.397 e. The predicted molar refractivity (Wildman–Crippen MR) is 61.3 cm³/mol. The van der Waals surface area contributed by atoms with Gasteiger partial charge < -0.3 is 15.2 Å². The molecule has 0 aliphatic carbocycles. The number of aromatic nitrogens is 2. The molecule has 0 saturated carbocycles. The molecule has 1 aromatic heterocycles. The predicted octanol–water partition coefficient (Wildman–Crippen LogP) is 1.66. The smallest absolute Gasteiger partial charge is 0.339 e. The van der Waals surface area contributed by atoms with Crippen LogP contribution in [0.15, 0.2) is 4.52 Å². The number of alkyl halides is 3. The maximum Gasteiger partial charge on any atom is 0.397 e. The van der Waals surface area contributed by atoms with Gasteiger partial charge in [0.25, 0.3) is 0 Å². The van der Waals surface area contributed by atoms with Gasteiger partial charge in [-0.1, -0.05) is 11.6 Å². The molecule has 1 aliphatic heterocycles. The quantitative estimate of drug-likeness (QED) is 0.907. The van der Waals surface area contributed by atoms with Crippen molar-refractivity contribution in [3.05, 3.63) is 11.7 Å². The van der Waals surface area contributed by atoms with Crippen LogP contribution in [0.4, 0.5) is 13.2 Å². The fourth-order valence-electron chi connectivity index (χ4n) is 2.16. The molecule has 1 aromatic rings. The molecule has 19 heavy (non-hydrogen) atoms. The van der Waals surface area contributed by atoms with Crippen molar-refractivity contribution in [1.82, 2.24) is 15.0 Å². The van der Waals surface area contributed by atoms with Crippen LogP contribution >= 0.6 is 0 Å². The van der Waals surface area contributed by atoms with E-state index in [1.165, 1.54) is 6.42 Å². The minimum absolute atomic E-state index is 0.143. The lowest BCUT2D eigenvalue weighted by Gasteiger charge is -2.27. The summed E-state index contributed by atoms with van der Waals surface area (Å²) in [6.45, 7) is 2.47. The Morgan fingerprint density at radius 2 is 1.95 bits per heavy atom. The Labute approximate surface area is 108 Å². The number of hydrogen-bond donors (Lipinski definition) is 1. The van der Waals surface area contributed by atoms with Gasteiger partial charge in [-0.25, -0.2) is 0 Å². The Balaban J connectivity index is 1.90. The van der Waals surface area contributed by atoms with E-state index in [4.69, 9.17) is 5.73 Å². The fourth-order valence-corrected chi connectivity index (χ4v) is 2.16. The number of hydrogen-bond acceptors (Lipinski definition) is 5. The number of piperidine rings is 1. The molecule has 1 fully saturated rings. The fraction of sp³-hybridized carbons (Fsp3) is 0.818. The van der Waals surface area contributed by atoms with Gasteiger partial charge in [0.15, 0.2) is 5.82 Å². The SMILES string of the molecule is NC(CN1CCCCC1)c1noc(CC(F)(F)F)n1. The van der Waals surface area contributed by atoms with Crippen LogP contribution in [0.1, 0.15) is 37.0 Å². The Bertz CT molecular complexity index is 401. The molecular formula is C11H17F3N4O. The zero-order valence-electron chi connectivity index (χ0n) is 10.5. The zero-order chi connectivity index (χ0) is 13.9. The Hall–Kier alpha value is -1.15. The van der Waals surface area contributed by atoms with E-state index in [0.717, 1.165) is 25.9 Å². The highest BCUT2D eigenvalue weighted by atomic mass is 19.4. The summed E-state index contributed by atoms with van der Waals surface area (Å²) < 4.78 is 41.0. The molecule has 0 aromatic carbocycles.